The number of carbonyl (C=O) groups is 2. The number of esters is 1. The van der Waals surface area contributed by atoms with E-state index in [1.54, 1.807) is 0 Å². The summed E-state index contributed by atoms with van der Waals surface area (Å²) in [6.07, 6.45) is 10.6. The summed E-state index contributed by atoms with van der Waals surface area (Å²) < 4.78 is 5.50. The van der Waals surface area contributed by atoms with Crippen molar-refractivity contribution < 1.29 is 19.4 Å². The molecule has 0 aliphatic heterocycles. The lowest BCUT2D eigenvalue weighted by Crippen LogP contribution is -2.51. The summed E-state index contributed by atoms with van der Waals surface area (Å²) in [5.74, 6) is 0.901. The maximum atomic E-state index is 11.8. The van der Waals surface area contributed by atoms with E-state index in [2.05, 4.69) is 19.9 Å². The first-order valence-corrected chi connectivity index (χ1v) is 10.4. The van der Waals surface area contributed by atoms with Crippen molar-refractivity contribution in [2.45, 2.75) is 78.2 Å². The molecule has 3 fully saturated rings. The number of hydrogen-bond acceptors (Lipinski definition) is 3. The highest BCUT2D eigenvalue weighted by Gasteiger charge is 2.60. The molecule has 1 N–H and O–H groups in total. The van der Waals surface area contributed by atoms with Crippen LogP contribution in [-0.2, 0) is 14.3 Å². The van der Waals surface area contributed by atoms with Gasteiger partial charge in [0.15, 0.2) is 0 Å². The van der Waals surface area contributed by atoms with E-state index >= 15 is 0 Å². The van der Waals surface area contributed by atoms with Crippen LogP contribution in [0, 0.1) is 34.5 Å². The molecule has 4 heteroatoms. The number of rotatable bonds is 2. The molecule has 4 aliphatic rings. The molecule has 0 saturated heterocycles. The molecule has 7 atom stereocenters. The Balaban J connectivity index is 1.59. The third-order valence-electron chi connectivity index (χ3n) is 8.69. The molecule has 4 rings (SSSR count). The molecule has 1 unspecified atom stereocenters. The van der Waals surface area contributed by atoms with Gasteiger partial charge in [0.25, 0.3) is 0 Å². The van der Waals surface area contributed by atoms with E-state index < -0.39 is 5.97 Å². The Morgan fingerprint density at radius 3 is 2.58 bits per heavy atom. The van der Waals surface area contributed by atoms with E-state index in [0.717, 1.165) is 51.4 Å². The molecule has 144 valence electrons. The number of carbonyl (C=O) groups excluding carboxylic acids is 1. The summed E-state index contributed by atoms with van der Waals surface area (Å²) in [7, 11) is 0. The van der Waals surface area contributed by atoms with Gasteiger partial charge in [0.05, 0.1) is 5.92 Å². The van der Waals surface area contributed by atoms with E-state index in [0.29, 0.717) is 17.8 Å². The Morgan fingerprint density at radius 1 is 1.12 bits per heavy atom. The molecule has 4 nitrogen and oxygen atoms in total. The molecule has 0 radical (unpaired) electrons. The molecule has 0 heterocycles. The fraction of sp³-hybridized carbons (Fsp3) is 0.818. The highest BCUT2D eigenvalue weighted by molar-refractivity contribution is 5.71. The van der Waals surface area contributed by atoms with Gasteiger partial charge < -0.3 is 9.84 Å². The standard InChI is InChI=1S/C22H32O4/c1-13(23)26-15-8-10-21(2)14(12-15)4-5-16-17-6-7-19(20(24)25)22(17,3)11-9-18(16)21/h4,15-19H,5-12H2,1-3H3,(H,24,25)/t15-,16-,17-,18-,19?,21-,22-/m0/s1. The van der Waals surface area contributed by atoms with Crippen molar-refractivity contribution in [3.8, 4) is 0 Å². The lowest BCUT2D eigenvalue weighted by atomic mass is 9.47. The third kappa shape index (κ3) is 2.55. The Morgan fingerprint density at radius 2 is 1.88 bits per heavy atom. The molecule has 26 heavy (non-hydrogen) atoms. The van der Waals surface area contributed by atoms with Crippen molar-refractivity contribution in [3.05, 3.63) is 11.6 Å². The van der Waals surface area contributed by atoms with E-state index in [9.17, 15) is 14.7 Å². The van der Waals surface area contributed by atoms with Crippen LogP contribution in [0.25, 0.3) is 0 Å². The molecule has 0 amide bonds. The number of allylic oxidation sites excluding steroid dienone is 1. The van der Waals surface area contributed by atoms with Gasteiger partial charge in [0.1, 0.15) is 6.10 Å². The molecular formula is C22H32O4. The zero-order valence-electron chi connectivity index (χ0n) is 16.3. The number of carboxylic acid groups (broad SMARTS) is 1. The van der Waals surface area contributed by atoms with Crippen LogP contribution in [0.1, 0.15) is 72.1 Å². The summed E-state index contributed by atoms with van der Waals surface area (Å²) in [6, 6.07) is 0. The zero-order valence-corrected chi connectivity index (χ0v) is 16.3. The molecule has 0 spiro atoms. The number of carboxylic acids is 1. The molecule has 4 aliphatic carbocycles. The van der Waals surface area contributed by atoms with Crippen LogP contribution >= 0.6 is 0 Å². The van der Waals surface area contributed by atoms with Gasteiger partial charge in [0.2, 0.25) is 0 Å². The number of hydrogen-bond donors (Lipinski definition) is 1. The minimum atomic E-state index is -0.589. The zero-order chi connectivity index (χ0) is 18.7. The lowest BCUT2D eigenvalue weighted by Gasteiger charge is -2.57. The normalized spacial score (nSPS) is 47.2. The van der Waals surface area contributed by atoms with Crippen LogP contribution in [0.3, 0.4) is 0 Å². The van der Waals surface area contributed by atoms with Gasteiger partial charge >= 0.3 is 11.9 Å². The van der Waals surface area contributed by atoms with E-state index in [4.69, 9.17) is 4.74 Å². The third-order valence-corrected chi connectivity index (χ3v) is 8.69. The highest BCUT2D eigenvalue weighted by atomic mass is 16.5. The number of aliphatic carboxylic acids is 1. The summed E-state index contributed by atoms with van der Waals surface area (Å²) in [5.41, 5.74) is 1.68. The van der Waals surface area contributed by atoms with Gasteiger partial charge in [-0.1, -0.05) is 25.5 Å². The second-order valence-corrected chi connectivity index (χ2v) is 9.75. The minimum absolute atomic E-state index is 0.0242. The van der Waals surface area contributed by atoms with E-state index in [1.807, 2.05) is 0 Å². The van der Waals surface area contributed by atoms with Gasteiger partial charge in [-0.15, -0.1) is 0 Å². The molecule has 0 aromatic rings. The molecule has 3 saturated carbocycles. The monoisotopic (exact) mass is 360 g/mol. The molecule has 0 bridgehead atoms. The van der Waals surface area contributed by atoms with Crippen LogP contribution in [0.4, 0.5) is 0 Å². The summed E-state index contributed by atoms with van der Waals surface area (Å²) in [6.45, 7) is 6.17. The van der Waals surface area contributed by atoms with Crippen molar-refractivity contribution in [2.75, 3.05) is 0 Å². The first-order valence-electron chi connectivity index (χ1n) is 10.4. The van der Waals surface area contributed by atoms with Crippen LogP contribution < -0.4 is 0 Å². The number of ether oxygens (including phenoxy) is 1. The molecule has 0 aromatic heterocycles. The fourth-order valence-corrected chi connectivity index (χ4v) is 7.37. The first kappa shape index (κ1) is 18.1. The molecule has 0 aromatic carbocycles. The smallest absolute Gasteiger partial charge is 0.307 e. The second-order valence-electron chi connectivity index (χ2n) is 9.75. The van der Waals surface area contributed by atoms with Crippen molar-refractivity contribution in [3.63, 3.8) is 0 Å². The predicted octanol–water partition coefficient (Wildman–Crippen LogP) is 4.58. The topological polar surface area (TPSA) is 63.6 Å². The van der Waals surface area contributed by atoms with E-state index in [-0.39, 0.29) is 28.8 Å². The van der Waals surface area contributed by atoms with Gasteiger partial charge in [-0.2, -0.15) is 0 Å². The van der Waals surface area contributed by atoms with Crippen LogP contribution in [0.2, 0.25) is 0 Å². The van der Waals surface area contributed by atoms with Crippen LogP contribution in [0.15, 0.2) is 11.6 Å². The molecular weight excluding hydrogens is 328 g/mol. The van der Waals surface area contributed by atoms with Crippen molar-refractivity contribution >= 4 is 11.9 Å². The van der Waals surface area contributed by atoms with Crippen molar-refractivity contribution in [1.82, 2.24) is 0 Å². The predicted molar refractivity (Wildman–Crippen MR) is 98.4 cm³/mol. The largest absolute Gasteiger partial charge is 0.481 e. The SMILES string of the molecule is CC(=O)O[C@H]1CC[C@@]2(C)C(=CC[C@@H]3[C@@H]2CC[C@]2(C)C(C(=O)O)CC[C@@H]32)C1. The summed E-state index contributed by atoms with van der Waals surface area (Å²) in [4.78, 5) is 23.1. The van der Waals surface area contributed by atoms with E-state index in [1.165, 1.54) is 12.5 Å². The Bertz CT molecular complexity index is 653. The quantitative estimate of drug-likeness (QED) is 0.578. The second kappa shape index (κ2) is 6.10. The summed E-state index contributed by atoms with van der Waals surface area (Å²) in [5, 5.41) is 9.70. The Hall–Kier alpha value is -1.32. The van der Waals surface area contributed by atoms with Gasteiger partial charge in [-0.05, 0) is 73.5 Å². The lowest BCUT2D eigenvalue weighted by molar-refractivity contribution is -0.151. The first-order chi connectivity index (χ1) is 12.3. The van der Waals surface area contributed by atoms with Crippen molar-refractivity contribution in [1.29, 1.82) is 0 Å². The van der Waals surface area contributed by atoms with Crippen molar-refractivity contribution in [2.24, 2.45) is 34.5 Å². The summed E-state index contributed by atoms with van der Waals surface area (Å²) >= 11 is 0. The minimum Gasteiger partial charge on any atom is -0.481 e. The Labute approximate surface area is 156 Å². The van der Waals surface area contributed by atoms with Gasteiger partial charge in [-0.3, -0.25) is 9.59 Å². The maximum Gasteiger partial charge on any atom is 0.307 e. The average molecular weight is 360 g/mol. The maximum absolute atomic E-state index is 11.8. The van der Waals surface area contributed by atoms with Gasteiger partial charge in [0, 0.05) is 13.3 Å². The van der Waals surface area contributed by atoms with Crippen LogP contribution in [0.5, 0.6) is 0 Å². The average Bonchev–Trinajstić information content (AvgIpc) is 2.92. The van der Waals surface area contributed by atoms with Crippen LogP contribution in [-0.4, -0.2) is 23.1 Å². The number of fused-ring (bicyclic) bond motifs is 5. The van der Waals surface area contributed by atoms with Gasteiger partial charge in [-0.25, -0.2) is 0 Å². The highest BCUT2D eigenvalue weighted by Crippen LogP contribution is 2.66. The Kier molecular flexibility index (Phi) is 4.24. The fourth-order valence-electron chi connectivity index (χ4n) is 7.37.